The van der Waals surface area contributed by atoms with Crippen molar-refractivity contribution in [3.63, 3.8) is 0 Å². The van der Waals surface area contributed by atoms with Gasteiger partial charge in [0.15, 0.2) is 0 Å². The Morgan fingerprint density at radius 1 is 1.10 bits per heavy atom. The molecule has 2 atom stereocenters. The van der Waals surface area contributed by atoms with E-state index in [0.29, 0.717) is 0 Å². The van der Waals surface area contributed by atoms with Crippen molar-refractivity contribution in [3.8, 4) is 0 Å². The molecule has 0 saturated carbocycles. The van der Waals surface area contributed by atoms with Crippen LogP contribution in [0.15, 0.2) is 0 Å². The highest BCUT2D eigenvalue weighted by Gasteiger charge is 2.28. The third-order valence-electron chi connectivity index (χ3n) is 5.26. The third-order valence-corrected chi connectivity index (χ3v) is 5.26. The molecule has 20 heavy (non-hydrogen) atoms. The van der Waals surface area contributed by atoms with Gasteiger partial charge in [0.2, 0.25) is 0 Å². The summed E-state index contributed by atoms with van der Waals surface area (Å²) in [5.74, 6) is 0.877. The minimum atomic E-state index is 0.866. The summed E-state index contributed by atoms with van der Waals surface area (Å²) in [5, 5.41) is 0. The van der Waals surface area contributed by atoms with E-state index in [1.54, 1.807) is 0 Å². The molecule has 2 heterocycles. The Labute approximate surface area is 125 Å². The van der Waals surface area contributed by atoms with Gasteiger partial charge in [-0.3, -0.25) is 4.90 Å². The first-order chi connectivity index (χ1) is 9.83. The van der Waals surface area contributed by atoms with Crippen LogP contribution in [0.25, 0.3) is 0 Å². The number of rotatable bonds is 9. The summed E-state index contributed by atoms with van der Waals surface area (Å²) >= 11 is 0. The quantitative estimate of drug-likeness (QED) is 0.705. The van der Waals surface area contributed by atoms with Gasteiger partial charge in [-0.15, -0.1) is 0 Å². The van der Waals surface area contributed by atoms with Gasteiger partial charge in [0, 0.05) is 12.6 Å². The van der Waals surface area contributed by atoms with Gasteiger partial charge < -0.3 is 10.6 Å². The van der Waals surface area contributed by atoms with Crippen molar-refractivity contribution in [1.82, 2.24) is 9.80 Å². The average Bonchev–Trinajstić information content (AvgIpc) is 3.10. The molecular weight excluding hydrogens is 246 g/mol. The maximum absolute atomic E-state index is 5.73. The Morgan fingerprint density at radius 2 is 1.90 bits per heavy atom. The summed E-state index contributed by atoms with van der Waals surface area (Å²) in [5.41, 5.74) is 5.73. The Bertz CT molecular complexity index is 245. The lowest BCUT2D eigenvalue weighted by Crippen LogP contribution is -2.35. The lowest BCUT2D eigenvalue weighted by Gasteiger charge is -2.24. The van der Waals surface area contributed by atoms with Crippen molar-refractivity contribution in [1.29, 1.82) is 0 Å². The van der Waals surface area contributed by atoms with Crippen LogP contribution in [0, 0.1) is 5.92 Å². The van der Waals surface area contributed by atoms with Crippen molar-refractivity contribution in [3.05, 3.63) is 0 Å². The molecule has 0 spiro atoms. The van der Waals surface area contributed by atoms with Crippen molar-refractivity contribution in [2.24, 2.45) is 11.7 Å². The van der Waals surface area contributed by atoms with Crippen LogP contribution in [0.2, 0.25) is 0 Å². The Kier molecular flexibility index (Phi) is 7.32. The summed E-state index contributed by atoms with van der Waals surface area (Å²) in [7, 11) is 0. The summed E-state index contributed by atoms with van der Waals surface area (Å²) in [6.45, 7) is 9.85. The molecule has 2 saturated heterocycles. The molecule has 0 radical (unpaired) electrons. The second-order valence-corrected chi connectivity index (χ2v) is 6.86. The zero-order valence-electron chi connectivity index (χ0n) is 13.5. The van der Waals surface area contributed by atoms with Crippen LogP contribution in [0.1, 0.15) is 58.3 Å². The lowest BCUT2D eigenvalue weighted by atomic mass is 9.94. The highest BCUT2D eigenvalue weighted by molar-refractivity contribution is 4.85. The van der Waals surface area contributed by atoms with E-state index in [4.69, 9.17) is 5.73 Å². The molecule has 0 aromatic heterocycles. The molecule has 3 heteroatoms. The number of nitrogens with zero attached hydrogens (tertiary/aromatic N) is 2. The van der Waals surface area contributed by atoms with Crippen LogP contribution in [0.4, 0.5) is 0 Å². The van der Waals surface area contributed by atoms with Gasteiger partial charge in [-0.05, 0) is 77.2 Å². The fourth-order valence-electron chi connectivity index (χ4n) is 4.10. The van der Waals surface area contributed by atoms with E-state index in [9.17, 15) is 0 Å². The van der Waals surface area contributed by atoms with Crippen LogP contribution < -0.4 is 5.73 Å². The zero-order chi connectivity index (χ0) is 14.2. The second-order valence-electron chi connectivity index (χ2n) is 6.86. The van der Waals surface area contributed by atoms with Gasteiger partial charge in [-0.1, -0.05) is 19.8 Å². The van der Waals surface area contributed by atoms with Gasteiger partial charge >= 0.3 is 0 Å². The first-order valence-electron chi connectivity index (χ1n) is 9.00. The van der Waals surface area contributed by atoms with Crippen LogP contribution in [0.3, 0.4) is 0 Å². The predicted molar refractivity (Wildman–Crippen MR) is 87.0 cm³/mol. The van der Waals surface area contributed by atoms with Crippen LogP contribution in [0.5, 0.6) is 0 Å². The molecule has 0 aromatic rings. The Hall–Kier alpha value is -0.120. The van der Waals surface area contributed by atoms with Gasteiger partial charge in [0.1, 0.15) is 0 Å². The Morgan fingerprint density at radius 3 is 2.60 bits per heavy atom. The van der Waals surface area contributed by atoms with E-state index in [1.807, 2.05) is 0 Å². The third kappa shape index (κ3) is 5.01. The number of hydrogen-bond donors (Lipinski definition) is 1. The van der Waals surface area contributed by atoms with E-state index in [1.165, 1.54) is 84.1 Å². The molecule has 118 valence electrons. The molecule has 2 N–H and O–H groups in total. The molecule has 2 rings (SSSR count). The fraction of sp³-hybridized carbons (Fsp3) is 1.00. The van der Waals surface area contributed by atoms with Crippen molar-refractivity contribution in [2.75, 3.05) is 39.3 Å². The smallest absolute Gasteiger partial charge is 0.0235 e. The fourth-order valence-corrected chi connectivity index (χ4v) is 4.10. The molecule has 0 aliphatic carbocycles. The summed E-state index contributed by atoms with van der Waals surface area (Å²) < 4.78 is 0. The monoisotopic (exact) mass is 281 g/mol. The van der Waals surface area contributed by atoms with Crippen molar-refractivity contribution in [2.45, 2.75) is 64.3 Å². The van der Waals surface area contributed by atoms with Gasteiger partial charge in [-0.2, -0.15) is 0 Å². The topological polar surface area (TPSA) is 32.5 Å². The molecule has 2 unspecified atom stereocenters. The maximum Gasteiger partial charge on any atom is 0.0235 e. The van der Waals surface area contributed by atoms with E-state index < -0.39 is 0 Å². The minimum absolute atomic E-state index is 0.866. The first kappa shape index (κ1) is 16.3. The van der Waals surface area contributed by atoms with E-state index >= 15 is 0 Å². The van der Waals surface area contributed by atoms with Crippen LogP contribution in [-0.4, -0.2) is 55.1 Å². The number of nitrogens with two attached hydrogens (primary N) is 1. The van der Waals surface area contributed by atoms with Crippen LogP contribution >= 0.6 is 0 Å². The highest BCUT2D eigenvalue weighted by Crippen LogP contribution is 2.22. The largest absolute Gasteiger partial charge is 0.330 e. The summed E-state index contributed by atoms with van der Waals surface area (Å²) in [4.78, 5) is 5.43. The van der Waals surface area contributed by atoms with Gasteiger partial charge in [0.25, 0.3) is 0 Å². The first-order valence-corrected chi connectivity index (χ1v) is 9.00. The van der Waals surface area contributed by atoms with E-state index in [0.717, 1.165) is 18.5 Å². The van der Waals surface area contributed by atoms with Crippen LogP contribution in [-0.2, 0) is 0 Å². The SMILES string of the molecule is CCCC(CCN)CCCN1CCC(N2CCCC2)C1. The Balaban J connectivity index is 1.60. The summed E-state index contributed by atoms with van der Waals surface area (Å²) in [6, 6.07) is 0.869. The maximum atomic E-state index is 5.73. The van der Waals surface area contributed by atoms with Crippen molar-refractivity contribution >= 4 is 0 Å². The summed E-state index contributed by atoms with van der Waals surface area (Å²) in [6.07, 6.45) is 10.9. The van der Waals surface area contributed by atoms with Crippen molar-refractivity contribution < 1.29 is 0 Å². The molecule has 2 aliphatic heterocycles. The average molecular weight is 281 g/mol. The van der Waals surface area contributed by atoms with Gasteiger partial charge in [-0.25, -0.2) is 0 Å². The number of likely N-dealkylation sites (tertiary alicyclic amines) is 2. The van der Waals surface area contributed by atoms with E-state index in [-0.39, 0.29) is 0 Å². The number of hydrogen-bond acceptors (Lipinski definition) is 3. The second kappa shape index (κ2) is 9.01. The molecule has 2 fully saturated rings. The minimum Gasteiger partial charge on any atom is -0.330 e. The zero-order valence-corrected chi connectivity index (χ0v) is 13.5. The molecule has 0 bridgehead atoms. The highest BCUT2D eigenvalue weighted by atomic mass is 15.3. The standard InChI is InChI=1S/C17H35N3/c1-2-6-16(8-10-18)7-5-11-19-14-9-17(15-19)20-12-3-4-13-20/h16-17H,2-15,18H2,1H3. The molecule has 2 aliphatic rings. The lowest BCUT2D eigenvalue weighted by molar-refractivity contribution is 0.228. The molecule has 3 nitrogen and oxygen atoms in total. The molecular formula is C17H35N3. The molecule has 0 aromatic carbocycles. The van der Waals surface area contributed by atoms with Gasteiger partial charge in [0.05, 0.1) is 0 Å². The molecule has 0 amide bonds. The normalized spacial score (nSPS) is 26.4. The predicted octanol–water partition coefficient (Wildman–Crippen LogP) is 2.70. The van der Waals surface area contributed by atoms with E-state index in [2.05, 4.69) is 16.7 Å².